The summed E-state index contributed by atoms with van der Waals surface area (Å²) < 4.78 is 24.3. The van der Waals surface area contributed by atoms with Crippen molar-refractivity contribution in [3.8, 4) is 0 Å². The first kappa shape index (κ1) is 15.5. The van der Waals surface area contributed by atoms with Crippen LogP contribution in [-0.2, 0) is 11.3 Å². The van der Waals surface area contributed by atoms with E-state index in [9.17, 15) is 4.39 Å². The Hall–Kier alpha value is -1.99. The molecule has 4 rings (SSSR count). The fraction of sp³-hybridized carbons (Fsp3) is 0.529. The number of anilines is 1. The van der Waals surface area contributed by atoms with E-state index in [1.54, 1.807) is 13.4 Å². The van der Waals surface area contributed by atoms with E-state index in [1.165, 1.54) is 12.4 Å². The summed E-state index contributed by atoms with van der Waals surface area (Å²) in [7, 11) is 1.78. The Bertz CT molecular complexity index is 664. The van der Waals surface area contributed by atoms with Gasteiger partial charge in [0.05, 0.1) is 37.3 Å². The molecule has 2 aromatic heterocycles. The number of halogens is 1. The number of piperidine rings is 1. The van der Waals surface area contributed by atoms with Gasteiger partial charge in [-0.05, 0) is 18.6 Å². The van der Waals surface area contributed by atoms with E-state index in [4.69, 9.17) is 9.15 Å². The number of methoxy groups -OCH3 is 1. The minimum atomic E-state index is -0.409. The minimum absolute atomic E-state index is 0.230. The standard InChI is InChI=1S/C17H21FN4O2/c1-23-16-4-5-22(17-19-7-12(18)8-20-17)15-11-21(10-14(15)16)9-13-3-2-6-24-13/h2-3,6-8,14-16H,4-5,9-11H2,1H3/t14-,15+,16-/m1/s1. The molecule has 24 heavy (non-hydrogen) atoms. The van der Waals surface area contributed by atoms with Gasteiger partial charge in [0, 0.05) is 32.7 Å². The molecule has 0 bridgehead atoms. The van der Waals surface area contributed by atoms with Crippen LogP contribution in [0.15, 0.2) is 35.2 Å². The number of aromatic nitrogens is 2. The Balaban J connectivity index is 1.54. The summed E-state index contributed by atoms with van der Waals surface area (Å²) >= 11 is 0. The van der Waals surface area contributed by atoms with Gasteiger partial charge in [0.2, 0.25) is 5.95 Å². The summed E-state index contributed by atoms with van der Waals surface area (Å²) in [4.78, 5) is 12.9. The van der Waals surface area contributed by atoms with Gasteiger partial charge in [-0.1, -0.05) is 0 Å². The van der Waals surface area contributed by atoms with Gasteiger partial charge in [-0.15, -0.1) is 0 Å². The lowest BCUT2D eigenvalue weighted by atomic mass is 9.89. The maximum Gasteiger partial charge on any atom is 0.225 e. The molecule has 0 amide bonds. The molecule has 0 radical (unpaired) electrons. The third-order valence-electron chi connectivity index (χ3n) is 5.07. The molecule has 6 nitrogen and oxygen atoms in total. The zero-order chi connectivity index (χ0) is 16.5. The van der Waals surface area contributed by atoms with Crippen LogP contribution in [0.2, 0.25) is 0 Å². The first-order valence-corrected chi connectivity index (χ1v) is 8.26. The van der Waals surface area contributed by atoms with Gasteiger partial charge in [0.25, 0.3) is 0 Å². The summed E-state index contributed by atoms with van der Waals surface area (Å²) in [5, 5.41) is 0. The van der Waals surface area contributed by atoms with Crippen molar-refractivity contribution in [2.75, 3.05) is 31.6 Å². The van der Waals surface area contributed by atoms with Crippen LogP contribution in [0.5, 0.6) is 0 Å². The van der Waals surface area contributed by atoms with E-state index < -0.39 is 5.82 Å². The highest BCUT2D eigenvalue weighted by Gasteiger charge is 2.45. The zero-order valence-corrected chi connectivity index (χ0v) is 13.6. The highest BCUT2D eigenvalue weighted by Crippen LogP contribution is 2.34. The highest BCUT2D eigenvalue weighted by molar-refractivity contribution is 5.34. The minimum Gasteiger partial charge on any atom is -0.468 e. The molecule has 0 spiro atoms. The second-order valence-corrected chi connectivity index (χ2v) is 6.46. The maximum absolute atomic E-state index is 13.1. The van der Waals surface area contributed by atoms with E-state index in [-0.39, 0.29) is 12.1 Å². The number of nitrogens with zero attached hydrogens (tertiary/aromatic N) is 4. The van der Waals surface area contributed by atoms with Crippen LogP contribution in [-0.4, -0.2) is 53.8 Å². The number of hydrogen-bond donors (Lipinski definition) is 0. The molecule has 2 aliphatic heterocycles. The molecule has 4 heterocycles. The number of hydrogen-bond acceptors (Lipinski definition) is 6. The number of ether oxygens (including phenoxy) is 1. The van der Waals surface area contributed by atoms with E-state index in [2.05, 4.69) is 19.8 Å². The average molecular weight is 332 g/mol. The summed E-state index contributed by atoms with van der Waals surface area (Å²) in [6.45, 7) is 3.45. The molecule has 0 aliphatic carbocycles. The Kier molecular flexibility index (Phi) is 4.20. The summed E-state index contributed by atoms with van der Waals surface area (Å²) in [5.41, 5.74) is 0. The predicted octanol–water partition coefficient (Wildman–Crippen LogP) is 1.93. The van der Waals surface area contributed by atoms with E-state index in [0.717, 1.165) is 38.4 Å². The van der Waals surface area contributed by atoms with Crippen molar-refractivity contribution < 1.29 is 13.5 Å². The molecule has 2 saturated heterocycles. The van der Waals surface area contributed by atoms with Crippen molar-refractivity contribution in [3.63, 3.8) is 0 Å². The first-order valence-electron chi connectivity index (χ1n) is 8.26. The molecular weight excluding hydrogens is 311 g/mol. The monoisotopic (exact) mass is 332 g/mol. The van der Waals surface area contributed by atoms with Crippen LogP contribution in [0.4, 0.5) is 10.3 Å². The van der Waals surface area contributed by atoms with Gasteiger partial charge >= 0.3 is 0 Å². The van der Waals surface area contributed by atoms with Crippen LogP contribution >= 0.6 is 0 Å². The van der Waals surface area contributed by atoms with Crippen LogP contribution in [0.1, 0.15) is 12.2 Å². The maximum atomic E-state index is 13.1. The average Bonchev–Trinajstić information content (AvgIpc) is 3.24. The topological polar surface area (TPSA) is 54.6 Å². The van der Waals surface area contributed by atoms with Crippen molar-refractivity contribution in [3.05, 3.63) is 42.4 Å². The molecule has 0 unspecified atom stereocenters. The molecule has 128 valence electrons. The number of furan rings is 1. The lowest BCUT2D eigenvalue weighted by molar-refractivity contribution is 0.0312. The smallest absolute Gasteiger partial charge is 0.225 e. The molecule has 2 aliphatic rings. The Morgan fingerprint density at radius 3 is 2.88 bits per heavy atom. The lowest BCUT2D eigenvalue weighted by Gasteiger charge is -2.41. The molecule has 0 aromatic carbocycles. The van der Waals surface area contributed by atoms with Gasteiger partial charge in [-0.3, -0.25) is 4.90 Å². The van der Waals surface area contributed by atoms with Crippen LogP contribution in [0, 0.1) is 11.7 Å². The predicted molar refractivity (Wildman–Crippen MR) is 86.0 cm³/mol. The fourth-order valence-corrected chi connectivity index (χ4v) is 3.98. The van der Waals surface area contributed by atoms with Crippen molar-refractivity contribution in [2.24, 2.45) is 5.92 Å². The van der Waals surface area contributed by atoms with Crippen molar-refractivity contribution in [1.29, 1.82) is 0 Å². The number of fused-ring (bicyclic) bond motifs is 1. The van der Waals surface area contributed by atoms with Crippen LogP contribution in [0.25, 0.3) is 0 Å². The molecule has 7 heteroatoms. The Morgan fingerprint density at radius 2 is 2.17 bits per heavy atom. The quantitative estimate of drug-likeness (QED) is 0.853. The van der Waals surface area contributed by atoms with Crippen LogP contribution in [0.3, 0.4) is 0 Å². The number of likely N-dealkylation sites (tertiary alicyclic amines) is 1. The van der Waals surface area contributed by atoms with Crippen molar-refractivity contribution in [2.45, 2.75) is 25.1 Å². The van der Waals surface area contributed by atoms with Gasteiger partial charge < -0.3 is 14.1 Å². The summed E-state index contributed by atoms with van der Waals surface area (Å²) in [6.07, 6.45) is 5.32. The second kappa shape index (κ2) is 6.49. The normalized spacial score (nSPS) is 27.4. The molecule has 2 fully saturated rings. The molecule has 3 atom stereocenters. The van der Waals surface area contributed by atoms with E-state index >= 15 is 0 Å². The number of rotatable bonds is 4. The van der Waals surface area contributed by atoms with Crippen molar-refractivity contribution in [1.82, 2.24) is 14.9 Å². The molecule has 0 saturated carbocycles. The third-order valence-corrected chi connectivity index (χ3v) is 5.07. The SMILES string of the molecule is CO[C@@H]1CCN(c2ncc(F)cn2)[C@H]2CN(Cc3ccco3)C[C@@H]12. The molecule has 2 aromatic rings. The van der Waals surface area contributed by atoms with Gasteiger partial charge in [-0.2, -0.15) is 0 Å². The van der Waals surface area contributed by atoms with E-state index in [1.807, 2.05) is 12.1 Å². The highest BCUT2D eigenvalue weighted by atomic mass is 19.1. The van der Waals surface area contributed by atoms with Gasteiger partial charge in [-0.25, -0.2) is 14.4 Å². The Labute approximate surface area is 140 Å². The van der Waals surface area contributed by atoms with Crippen molar-refractivity contribution >= 4 is 5.95 Å². The first-order chi connectivity index (χ1) is 11.7. The summed E-state index contributed by atoms with van der Waals surface area (Å²) in [6, 6.07) is 4.18. The Morgan fingerprint density at radius 1 is 1.33 bits per heavy atom. The van der Waals surface area contributed by atoms with E-state index in [0.29, 0.717) is 11.9 Å². The largest absolute Gasteiger partial charge is 0.468 e. The lowest BCUT2D eigenvalue weighted by Crippen LogP contribution is -2.52. The third kappa shape index (κ3) is 2.89. The van der Waals surface area contributed by atoms with Gasteiger partial charge in [0.15, 0.2) is 5.82 Å². The van der Waals surface area contributed by atoms with Crippen LogP contribution < -0.4 is 4.90 Å². The zero-order valence-electron chi connectivity index (χ0n) is 13.6. The fourth-order valence-electron chi connectivity index (χ4n) is 3.98. The molecule has 0 N–H and O–H groups in total. The second-order valence-electron chi connectivity index (χ2n) is 6.46. The molecular formula is C17H21FN4O2. The summed E-state index contributed by atoms with van der Waals surface area (Å²) in [5.74, 6) is 1.54. The van der Waals surface area contributed by atoms with Gasteiger partial charge in [0.1, 0.15) is 5.76 Å².